The molecule has 0 saturated carbocycles. The zero-order chi connectivity index (χ0) is 12.1. The smallest absolute Gasteiger partial charge is 0.321 e. The van der Waals surface area contributed by atoms with E-state index in [4.69, 9.17) is 4.43 Å². The van der Waals surface area contributed by atoms with E-state index < -0.39 is 8.32 Å². The number of nitrogens with zero attached hydrogens (tertiary/aromatic N) is 2. The summed E-state index contributed by atoms with van der Waals surface area (Å²) in [6.07, 6.45) is 0. The molecule has 0 atom stereocenters. The van der Waals surface area contributed by atoms with Gasteiger partial charge in [0.15, 0.2) is 8.32 Å². The maximum absolute atomic E-state index is 11.8. The van der Waals surface area contributed by atoms with Gasteiger partial charge in [-0.15, -0.1) is 0 Å². The average molecular weight is 232 g/mol. The summed E-state index contributed by atoms with van der Waals surface area (Å²) in [5, 5.41) is 0. The van der Waals surface area contributed by atoms with E-state index in [1.165, 1.54) is 0 Å². The number of rotatable bonds is 5. The molecule has 0 fully saturated rings. The van der Waals surface area contributed by atoms with Crippen LogP contribution >= 0.6 is 0 Å². The van der Waals surface area contributed by atoms with Crippen molar-refractivity contribution < 1.29 is 9.22 Å². The van der Waals surface area contributed by atoms with E-state index in [0.29, 0.717) is 6.73 Å². The average Bonchev–Trinajstić information content (AvgIpc) is 2.14. The van der Waals surface area contributed by atoms with Crippen LogP contribution < -0.4 is 0 Å². The van der Waals surface area contributed by atoms with Gasteiger partial charge in [-0.05, 0) is 33.5 Å². The van der Waals surface area contributed by atoms with Crippen molar-refractivity contribution >= 4 is 14.3 Å². The highest BCUT2D eigenvalue weighted by atomic mass is 28.4. The van der Waals surface area contributed by atoms with E-state index in [0.717, 1.165) is 13.1 Å². The van der Waals surface area contributed by atoms with Crippen molar-refractivity contribution in [2.45, 2.75) is 33.5 Å². The summed E-state index contributed by atoms with van der Waals surface area (Å²) in [7, 11) is 0.245. The SMILES string of the molecule is CCN(CC)C(=O)N(C)CO[Si](C)(C)C. The molecular formula is C10H24N2O2Si. The fraction of sp³-hybridized carbons (Fsp3) is 0.900. The van der Waals surface area contributed by atoms with Gasteiger partial charge in [0.25, 0.3) is 0 Å². The first-order valence-electron chi connectivity index (χ1n) is 5.45. The molecule has 2 amide bonds. The highest BCUT2D eigenvalue weighted by molar-refractivity contribution is 6.69. The standard InChI is InChI=1S/C10H24N2O2Si/c1-7-12(8-2)10(13)11(3)9-14-15(4,5)6/h7-9H2,1-6H3. The monoisotopic (exact) mass is 232 g/mol. The lowest BCUT2D eigenvalue weighted by atomic mass is 10.5. The van der Waals surface area contributed by atoms with Crippen LogP contribution in [0.4, 0.5) is 4.79 Å². The molecule has 4 nitrogen and oxygen atoms in total. The third-order valence-corrected chi connectivity index (χ3v) is 3.05. The minimum absolute atomic E-state index is 0.0400. The van der Waals surface area contributed by atoms with E-state index in [9.17, 15) is 4.79 Å². The zero-order valence-electron chi connectivity index (χ0n) is 10.8. The number of hydrogen-bond donors (Lipinski definition) is 0. The Labute approximate surface area is 94.3 Å². The highest BCUT2D eigenvalue weighted by Gasteiger charge is 2.19. The quantitative estimate of drug-likeness (QED) is 0.538. The summed E-state index contributed by atoms with van der Waals surface area (Å²) >= 11 is 0. The molecule has 0 aliphatic rings. The lowest BCUT2D eigenvalue weighted by Gasteiger charge is -2.28. The summed E-state index contributed by atoms with van der Waals surface area (Å²) < 4.78 is 5.67. The first-order valence-corrected chi connectivity index (χ1v) is 8.86. The van der Waals surface area contributed by atoms with Gasteiger partial charge in [0.05, 0.1) is 0 Å². The van der Waals surface area contributed by atoms with Gasteiger partial charge in [-0.2, -0.15) is 0 Å². The van der Waals surface area contributed by atoms with Gasteiger partial charge >= 0.3 is 6.03 Å². The molecule has 0 unspecified atom stereocenters. The van der Waals surface area contributed by atoms with Crippen molar-refractivity contribution in [3.8, 4) is 0 Å². The molecule has 0 aromatic rings. The van der Waals surface area contributed by atoms with E-state index in [2.05, 4.69) is 19.6 Å². The molecule has 0 radical (unpaired) electrons. The summed E-state index contributed by atoms with van der Waals surface area (Å²) in [6, 6.07) is 0.0400. The van der Waals surface area contributed by atoms with Gasteiger partial charge in [0.2, 0.25) is 0 Å². The molecule has 0 saturated heterocycles. The van der Waals surface area contributed by atoms with Crippen LogP contribution in [-0.2, 0) is 4.43 Å². The van der Waals surface area contributed by atoms with Gasteiger partial charge < -0.3 is 14.2 Å². The topological polar surface area (TPSA) is 32.8 Å². The lowest BCUT2D eigenvalue weighted by Crippen LogP contribution is -2.43. The third-order valence-electron chi connectivity index (χ3n) is 2.05. The molecule has 0 heterocycles. The summed E-state index contributed by atoms with van der Waals surface area (Å²) in [5.41, 5.74) is 0. The van der Waals surface area contributed by atoms with Crippen molar-refractivity contribution in [2.24, 2.45) is 0 Å². The van der Waals surface area contributed by atoms with Gasteiger partial charge in [-0.25, -0.2) is 4.79 Å². The number of amides is 2. The second-order valence-electron chi connectivity index (χ2n) is 4.54. The number of hydrogen-bond acceptors (Lipinski definition) is 2. The van der Waals surface area contributed by atoms with Crippen LogP contribution in [-0.4, -0.2) is 51.0 Å². The van der Waals surface area contributed by atoms with Gasteiger partial charge in [-0.3, -0.25) is 0 Å². The van der Waals surface area contributed by atoms with Crippen molar-refractivity contribution in [3.63, 3.8) is 0 Å². The third kappa shape index (κ3) is 5.79. The van der Waals surface area contributed by atoms with Crippen LogP contribution in [0.3, 0.4) is 0 Å². The second kappa shape index (κ2) is 6.12. The lowest BCUT2D eigenvalue weighted by molar-refractivity contribution is 0.122. The largest absolute Gasteiger partial charge is 0.400 e. The number of carbonyl (C=O) groups is 1. The van der Waals surface area contributed by atoms with E-state index in [1.807, 2.05) is 13.8 Å². The molecule has 0 spiro atoms. The fourth-order valence-corrected chi connectivity index (χ4v) is 1.66. The summed E-state index contributed by atoms with van der Waals surface area (Å²) in [6.45, 7) is 12.2. The van der Waals surface area contributed by atoms with Gasteiger partial charge in [0.1, 0.15) is 6.73 Å². The zero-order valence-corrected chi connectivity index (χ0v) is 11.8. The van der Waals surface area contributed by atoms with E-state index in [-0.39, 0.29) is 6.03 Å². The molecule has 0 aromatic heterocycles. The Balaban J connectivity index is 4.09. The van der Waals surface area contributed by atoms with E-state index in [1.54, 1.807) is 16.8 Å². The Bertz CT molecular complexity index is 200. The maximum Gasteiger partial charge on any atom is 0.321 e. The molecule has 15 heavy (non-hydrogen) atoms. The first kappa shape index (κ1) is 14.4. The molecule has 0 bridgehead atoms. The Hall–Kier alpha value is -0.553. The minimum atomic E-state index is -1.53. The van der Waals surface area contributed by atoms with Gasteiger partial charge in [0, 0.05) is 20.1 Å². The Morgan fingerprint density at radius 1 is 1.20 bits per heavy atom. The fourth-order valence-electron chi connectivity index (χ4n) is 1.08. The molecule has 0 rings (SSSR count). The summed E-state index contributed by atoms with van der Waals surface area (Å²) in [4.78, 5) is 15.2. The van der Waals surface area contributed by atoms with Crippen LogP contribution in [0.25, 0.3) is 0 Å². The van der Waals surface area contributed by atoms with Crippen LogP contribution in [0, 0.1) is 0 Å². The molecule has 0 aliphatic carbocycles. The maximum atomic E-state index is 11.8. The highest BCUT2D eigenvalue weighted by Crippen LogP contribution is 2.04. The predicted octanol–water partition coefficient (Wildman–Crippen LogP) is 2.19. The van der Waals surface area contributed by atoms with Crippen LogP contribution in [0.5, 0.6) is 0 Å². The van der Waals surface area contributed by atoms with Crippen molar-refractivity contribution in [1.29, 1.82) is 0 Å². The van der Waals surface area contributed by atoms with E-state index >= 15 is 0 Å². The molecule has 0 N–H and O–H groups in total. The van der Waals surface area contributed by atoms with Crippen molar-refractivity contribution in [1.82, 2.24) is 9.80 Å². The van der Waals surface area contributed by atoms with Crippen LogP contribution in [0.1, 0.15) is 13.8 Å². The Kier molecular flexibility index (Phi) is 5.90. The van der Waals surface area contributed by atoms with Gasteiger partial charge in [-0.1, -0.05) is 0 Å². The minimum Gasteiger partial charge on any atom is -0.400 e. The van der Waals surface area contributed by atoms with Crippen molar-refractivity contribution in [2.75, 3.05) is 26.9 Å². The first-order chi connectivity index (χ1) is 6.81. The molecule has 90 valence electrons. The Morgan fingerprint density at radius 3 is 2.00 bits per heavy atom. The molecule has 5 heteroatoms. The number of urea groups is 1. The van der Waals surface area contributed by atoms with Crippen LogP contribution in [0.2, 0.25) is 19.6 Å². The van der Waals surface area contributed by atoms with Crippen LogP contribution in [0.15, 0.2) is 0 Å². The predicted molar refractivity (Wildman–Crippen MR) is 65.4 cm³/mol. The number of carbonyl (C=O) groups excluding carboxylic acids is 1. The molecule has 0 aromatic carbocycles. The Morgan fingerprint density at radius 2 is 1.67 bits per heavy atom. The van der Waals surface area contributed by atoms with Crippen molar-refractivity contribution in [3.05, 3.63) is 0 Å². The second-order valence-corrected chi connectivity index (χ2v) is 9.05. The summed E-state index contributed by atoms with van der Waals surface area (Å²) in [5.74, 6) is 0. The molecular weight excluding hydrogens is 208 g/mol. The normalized spacial score (nSPS) is 11.3. The molecule has 0 aliphatic heterocycles.